The molecular formula is C17H19N3O2. The monoisotopic (exact) mass is 297 g/mol. The molecule has 1 aromatic carbocycles. The number of rotatable bonds is 2. The van der Waals surface area contributed by atoms with Crippen molar-refractivity contribution in [3.63, 3.8) is 0 Å². The first-order valence-electron chi connectivity index (χ1n) is 7.40. The van der Waals surface area contributed by atoms with Crippen molar-refractivity contribution in [1.82, 2.24) is 14.8 Å². The molecule has 1 amide bonds. The zero-order chi connectivity index (χ0) is 15.5. The Bertz CT molecular complexity index is 724. The minimum Gasteiger partial charge on any atom is -0.329 e. The van der Waals surface area contributed by atoms with Crippen molar-refractivity contribution >= 4 is 5.91 Å². The maximum absolute atomic E-state index is 12.8. The van der Waals surface area contributed by atoms with Crippen LogP contribution in [0.5, 0.6) is 0 Å². The molecule has 1 fully saturated rings. The lowest BCUT2D eigenvalue weighted by Crippen LogP contribution is -2.48. The minimum atomic E-state index is -0.114. The normalized spacial score (nSPS) is 18.2. The fourth-order valence-corrected chi connectivity index (χ4v) is 2.81. The highest BCUT2D eigenvalue weighted by atomic mass is 16.2. The van der Waals surface area contributed by atoms with Gasteiger partial charge in [-0.3, -0.25) is 9.59 Å². The van der Waals surface area contributed by atoms with E-state index in [0.717, 1.165) is 18.7 Å². The molecular weight excluding hydrogens is 278 g/mol. The Hall–Kier alpha value is -2.40. The SMILES string of the molecule is Cn1cc(C(=O)N2CCNC[C@H]2c2ccccc2)ccc1=O. The van der Waals surface area contributed by atoms with Gasteiger partial charge in [0, 0.05) is 38.9 Å². The van der Waals surface area contributed by atoms with Crippen molar-refractivity contribution in [2.24, 2.45) is 7.05 Å². The molecule has 114 valence electrons. The second-order valence-electron chi connectivity index (χ2n) is 5.50. The Labute approximate surface area is 129 Å². The molecule has 1 N–H and O–H groups in total. The molecule has 0 bridgehead atoms. The zero-order valence-electron chi connectivity index (χ0n) is 12.5. The number of aryl methyl sites for hydroxylation is 1. The van der Waals surface area contributed by atoms with Gasteiger partial charge in [-0.15, -0.1) is 0 Å². The average Bonchev–Trinajstić information content (AvgIpc) is 2.57. The molecule has 0 aliphatic carbocycles. The van der Waals surface area contributed by atoms with Gasteiger partial charge in [0.1, 0.15) is 0 Å². The molecule has 1 aliphatic rings. The van der Waals surface area contributed by atoms with E-state index in [0.29, 0.717) is 12.1 Å². The molecule has 0 saturated carbocycles. The third-order valence-electron chi connectivity index (χ3n) is 4.02. The predicted molar refractivity (Wildman–Crippen MR) is 84.8 cm³/mol. The van der Waals surface area contributed by atoms with Crippen LogP contribution in [0.2, 0.25) is 0 Å². The van der Waals surface area contributed by atoms with Crippen molar-refractivity contribution < 1.29 is 4.79 Å². The Balaban J connectivity index is 1.91. The van der Waals surface area contributed by atoms with E-state index in [1.807, 2.05) is 35.2 Å². The summed E-state index contributed by atoms with van der Waals surface area (Å²) in [6, 6.07) is 13.1. The quantitative estimate of drug-likeness (QED) is 0.905. The molecule has 1 aliphatic heterocycles. The van der Waals surface area contributed by atoms with Crippen LogP contribution >= 0.6 is 0 Å². The Morgan fingerprint density at radius 2 is 1.95 bits per heavy atom. The standard InChI is InChI=1S/C17H19N3O2/c1-19-12-14(7-8-16(19)21)17(22)20-10-9-18-11-15(20)13-5-3-2-4-6-13/h2-8,12,15,18H,9-11H2,1H3/t15-/m0/s1. The summed E-state index contributed by atoms with van der Waals surface area (Å²) in [4.78, 5) is 26.2. The van der Waals surface area contributed by atoms with Crippen LogP contribution in [-0.4, -0.2) is 35.0 Å². The third kappa shape index (κ3) is 2.80. The minimum absolute atomic E-state index is 0.0136. The van der Waals surface area contributed by atoms with Gasteiger partial charge in [0.2, 0.25) is 5.56 Å². The smallest absolute Gasteiger partial charge is 0.255 e. The number of carbonyl (C=O) groups excluding carboxylic acids is 1. The largest absolute Gasteiger partial charge is 0.329 e. The van der Waals surface area contributed by atoms with Crippen LogP contribution in [0.4, 0.5) is 0 Å². The summed E-state index contributed by atoms with van der Waals surface area (Å²) >= 11 is 0. The second-order valence-corrected chi connectivity index (χ2v) is 5.50. The lowest BCUT2D eigenvalue weighted by Gasteiger charge is -2.36. The zero-order valence-corrected chi connectivity index (χ0v) is 12.5. The lowest BCUT2D eigenvalue weighted by molar-refractivity contribution is 0.0633. The van der Waals surface area contributed by atoms with Crippen LogP contribution in [-0.2, 0) is 7.05 Å². The molecule has 3 rings (SSSR count). The van der Waals surface area contributed by atoms with Crippen molar-refractivity contribution in [2.45, 2.75) is 6.04 Å². The number of pyridine rings is 1. The maximum Gasteiger partial charge on any atom is 0.255 e. The maximum atomic E-state index is 12.8. The van der Waals surface area contributed by atoms with Crippen LogP contribution in [0.15, 0.2) is 53.5 Å². The van der Waals surface area contributed by atoms with E-state index in [1.54, 1.807) is 19.3 Å². The number of nitrogens with zero attached hydrogens (tertiary/aromatic N) is 2. The number of amides is 1. The summed E-state index contributed by atoms with van der Waals surface area (Å²) in [5.74, 6) is -0.0362. The van der Waals surface area contributed by atoms with Gasteiger partial charge in [-0.1, -0.05) is 30.3 Å². The van der Waals surface area contributed by atoms with Crippen LogP contribution in [0.25, 0.3) is 0 Å². The van der Waals surface area contributed by atoms with E-state index in [9.17, 15) is 9.59 Å². The van der Waals surface area contributed by atoms with Crippen LogP contribution < -0.4 is 10.9 Å². The fourth-order valence-electron chi connectivity index (χ4n) is 2.81. The van der Waals surface area contributed by atoms with Crippen molar-refractivity contribution in [3.8, 4) is 0 Å². The van der Waals surface area contributed by atoms with E-state index in [4.69, 9.17) is 0 Å². The second kappa shape index (κ2) is 6.15. The molecule has 1 atom stereocenters. The van der Waals surface area contributed by atoms with Crippen molar-refractivity contribution in [3.05, 3.63) is 70.1 Å². The van der Waals surface area contributed by atoms with Gasteiger partial charge in [0.15, 0.2) is 0 Å². The number of hydrogen-bond acceptors (Lipinski definition) is 3. The molecule has 2 aromatic rings. The highest BCUT2D eigenvalue weighted by molar-refractivity contribution is 5.94. The third-order valence-corrected chi connectivity index (χ3v) is 4.02. The molecule has 5 heteroatoms. The van der Waals surface area contributed by atoms with E-state index in [-0.39, 0.29) is 17.5 Å². The van der Waals surface area contributed by atoms with Gasteiger partial charge in [-0.05, 0) is 11.6 Å². The molecule has 0 radical (unpaired) electrons. The average molecular weight is 297 g/mol. The number of nitrogens with one attached hydrogen (secondary N) is 1. The number of benzene rings is 1. The summed E-state index contributed by atoms with van der Waals surface area (Å²) in [5, 5.41) is 3.34. The van der Waals surface area contributed by atoms with Crippen LogP contribution in [0.3, 0.4) is 0 Å². The molecule has 1 saturated heterocycles. The molecule has 0 spiro atoms. The number of aromatic nitrogens is 1. The topological polar surface area (TPSA) is 54.3 Å². The molecule has 0 unspecified atom stereocenters. The number of carbonyl (C=O) groups is 1. The number of hydrogen-bond donors (Lipinski definition) is 1. The van der Waals surface area contributed by atoms with E-state index >= 15 is 0 Å². The highest BCUT2D eigenvalue weighted by Gasteiger charge is 2.28. The lowest BCUT2D eigenvalue weighted by atomic mass is 10.0. The summed E-state index contributed by atoms with van der Waals surface area (Å²) in [6.45, 7) is 2.17. The summed E-state index contributed by atoms with van der Waals surface area (Å²) in [6.07, 6.45) is 1.61. The van der Waals surface area contributed by atoms with Crippen molar-refractivity contribution in [2.75, 3.05) is 19.6 Å². The van der Waals surface area contributed by atoms with Gasteiger partial charge in [0.05, 0.1) is 11.6 Å². The predicted octanol–water partition coefficient (Wildman–Crippen LogP) is 1.17. The first-order valence-corrected chi connectivity index (χ1v) is 7.40. The molecule has 2 heterocycles. The Morgan fingerprint density at radius 1 is 1.18 bits per heavy atom. The van der Waals surface area contributed by atoms with E-state index < -0.39 is 0 Å². The van der Waals surface area contributed by atoms with E-state index in [1.165, 1.54) is 10.6 Å². The molecule has 5 nitrogen and oxygen atoms in total. The molecule has 1 aromatic heterocycles. The fraction of sp³-hybridized carbons (Fsp3) is 0.294. The van der Waals surface area contributed by atoms with Gasteiger partial charge < -0.3 is 14.8 Å². The van der Waals surface area contributed by atoms with E-state index in [2.05, 4.69) is 5.32 Å². The summed E-state index contributed by atoms with van der Waals surface area (Å²) in [7, 11) is 1.66. The van der Waals surface area contributed by atoms with Gasteiger partial charge in [0.25, 0.3) is 5.91 Å². The molecule has 22 heavy (non-hydrogen) atoms. The van der Waals surface area contributed by atoms with Gasteiger partial charge >= 0.3 is 0 Å². The highest BCUT2D eigenvalue weighted by Crippen LogP contribution is 2.23. The first-order chi connectivity index (χ1) is 10.7. The first kappa shape index (κ1) is 14.5. The summed E-state index contributed by atoms with van der Waals surface area (Å²) < 4.78 is 1.44. The Morgan fingerprint density at radius 3 is 2.68 bits per heavy atom. The van der Waals surface area contributed by atoms with Crippen LogP contribution in [0, 0.1) is 0 Å². The van der Waals surface area contributed by atoms with Gasteiger partial charge in [-0.2, -0.15) is 0 Å². The number of piperazine rings is 1. The van der Waals surface area contributed by atoms with Crippen LogP contribution in [0.1, 0.15) is 22.0 Å². The Kier molecular flexibility index (Phi) is 4.06. The van der Waals surface area contributed by atoms with Gasteiger partial charge in [-0.25, -0.2) is 0 Å². The van der Waals surface area contributed by atoms with Crippen molar-refractivity contribution in [1.29, 1.82) is 0 Å². The summed E-state index contributed by atoms with van der Waals surface area (Å²) in [5.41, 5.74) is 1.55.